The molecule has 2 rings (SSSR count). The minimum Gasteiger partial charge on any atom is -0.448 e. The lowest BCUT2D eigenvalue weighted by atomic mass is 10.1. The third kappa shape index (κ3) is 4.10. The molecule has 1 aromatic rings. The van der Waals surface area contributed by atoms with Crippen LogP contribution in [0.3, 0.4) is 0 Å². The second-order valence-corrected chi connectivity index (χ2v) is 6.73. The van der Waals surface area contributed by atoms with Crippen LogP contribution in [0.25, 0.3) is 0 Å². The summed E-state index contributed by atoms with van der Waals surface area (Å²) >= 11 is 0. The maximum absolute atomic E-state index is 12.6. The Labute approximate surface area is 147 Å². The average molecular weight is 350 g/mol. The van der Waals surface area contributed by atoms with E-state index in [0.717, 1.165) is 0 Å². The minimum atomic E-state index is -0.909. The van der Waals surface area contributed by atoms with Gasteiger partial charge < -0.3 is 19.4 Å². The second kappa shape index (κ2) is 7.39. The lowest BCUT2D eigenvalue weighted by Gasteiger charge is -2.36. The predicted molar refractivity (Wildman–Crippen MR) is 91.7 cm³/mol. The molecular formula is C18H26N2O5. The highest BCUT2D eigenvalue weighted by Gasteiger charge is 2.31. The zero-order valence-corrected chi connectivity index (χ0v) is 15.6. The number of morpholine rings is 1. The van der Waals surface area contributed by atoms with Crippen molar-refractivity contribution in [1.82, 2.24) is 9.88 Å². The Morgan fingerprint density at radius 3 is 2.24 bits per heavy atom. The zero-order valence-electron chi connectivity index (χ0n) is 15.6. The van der Waals surface area contributed by atoms with Crippen molar-refractivity contribution in [2.24, 2.45) is 0 Å². The van der Waals surface area contributed by atoms with E-state index in [4.69, 9.17) is 9.47 Å². The Kier molecular flexibility index (Phi) is 5.67. The van der Waals surface area contributed by atoms with Gasteiger partial charge in [0.25, 0.3) is 5.91 Å². The Hall–Kier alpha value is -2.15. The number of aromatic nitrogens is 1. The number of nitrogens with zero attached hydrogens (tertiary/aromatic N) is 1. The molecule has 1 fully saturated rings. The van der Waals surface area contributed by atoms with Gasteiger partial charge in [-0.2, -0.15) is 0 Å². The first-order valence-electron chi connectivity index (χ1n) is 8.47. The molecule has 1 aromatic heterocycles. The summed E-state index contributed by atoms with van der Waals surface area (Å²) in [5, 5.41) is 0. The van der Waals surface area contributed by atoms with E-state index in [1.165, 1.54) is 6.92 Å². The summed E-state index contributed by atoms with van der Waals surface area (Å²) in [6.07, 6.45) is -1.02. The van der Waals surface area contributed by atoms with Crippen molar-refractivity contribution in [3.05, 3.63) is 22.5 Å². The van der Waals surface area contributed by atoms with Crippen LogP contribution in [-0.4, -0.2) is 58.9 Å². The summed E-state index contributed by atoms with van der Waals surface area (Å²) in [4.78, 5) is 41.2. The van der Waals surface area contributed by atoms with Gasteiger partial charge in [-0.3, -0.25) is 9.59 Å². The highest BCUT2D eigenvalue weighted by atomic mass is 16.5. The number of Topliss-reactive ketones (excluding diaryl/α,β-unsaturated/α-hetero) is 1. The molecule has 1 saturated heterocycles. The number of aryl methyl sites for hydroxylation is 1. The Morgan fingerprint density at radius 1 is 1.20 bits per heavy atom. The molecule has 138 valence electrons. The monoisotopic (exact) mass is 350 g/mol. The van der Waals surface area contributed by atoms with Crippen molar-refractivity contribution < 1.29 is 23.9 Å². The van der Waals surface area contributed by atoms with E-state index < -0.39 is 12.1 Å². The van der Waals surface area contributed by atoms with Gasteiger partial charge in [-0.1, -0.05) is 0 Å². The average Bonchev–Trinajstić information content (AvgIpc) is 2.80. The van der Waals surface area contributed by atoms with Crippen LogP contribution in [0.1, 0.15) is 59.8 Å². The first-order chi connectivity index (χ1) is 11.6. The molecule has 1 aliphatic rings. The fourth-order valence-corrected chi connectivity index (χ4v) is 3.37. The Balaban J connectivity index is 2.09. The smallest absolute Gasteiger partial charge is 0.355 e. The summed E-state index contributed by atoms with van der Waals surface area (Å²) in [7, 11) is 0. The van der Waals surface area contributed by atoms with Crippen molar-refractivity contribution >= 4 is 17.7 Å². The lowest BCUT2D eigenvalue weighted by molar-refractivity contribution is -0.151. The molecule has 25 heavy (non-hydrogen) atoms. The van der Waals surface area contributed by atoms with Crippen LogP contribution in [0, 0.1) is 13.8 Å². The van der Waals surface area contributed by atoms with E-state index in [2.05, 4.69) is 4.98 Å². The van der Waals surface area contributed by atoms with Crippen LogP contribution in [0.15, 0.2) is 0 Å². The molecule has 0 aromatic carbocycles. The molecular weight excluding hydrogens is 324 g/mol. The number of carbonyl (C=O) groups is 3. The first kappa shape index (κ1) is 19.2. The highest BCUT2D eigenvalue weighted by Crippen LogP contribution is 2.20. The molecule has 1 N–H and O–H groups in total. The molecule has 0 bridgehead atoms. The largest absolute Gasteiger partial charge is 0.448 e. The SMILES string of the molecule is CC(=O)c1c(C)[nH]c(C(=O)O[C@H](C)C(=O)N2C[C@@H](C)O[C@@H](C)C2)c1C. The number of ketones is 1. The number of nitrogens with one attached hydrogen (secondary N) is 1. The number of hydrogen-bond donors (Lipinski definition) is 1. The number of amides is 1. The standard InChI is InChI=1S/C18H26N2O5/c1-9-7-20(8-10(2)24-9)17(22)14(6)25-18(23)16-11(3)15(13(5)21)12(4)19-16/h9-10,14,19H,7-8H2,1-6H3/t9-,10+,14-/m1/s1. The van der Waals surface area contributed by atoms with Gasteiger partial charge in [-0.25, -0.2) is 4.79 Å². The summed E-state index contributed by atoms with van der Waals surface area (Å²) in [5.41, 5.74) is 1.86. The predicted octanol–water partition coefficient (Wildman–Crippen LogP) is 2.02. The normalized spacial score (nSPS) is 21.8. The molecule has 0 spiro atoms. The molecule has 0 unspecified atom stereocenters. The fourth-order valence-electron chi connectivity index (χ4n) is 3.37. The summed E-state index contributed by atoms with van der Waals surface area (Å²) < 4.78 is 10.9. The van der Waals surface area contributed by atoms with E-state index in [-0.39, 0.29) is 29.6 Å². The number of hydrogen-bond acceptors (Lipinski definition) is 5. The van der Waals surface area contributed by atoms with Gasteiger partial charge in [0, 0.05) is 24.3 Å². The minimum absolute atomic E-state index is 0.0537. The van der Waals surface area contributed by atoms with Gasteiger partial charge in [0.2, 0.25) is 0 Å². The van der Waals surface area contributed by atoms with Gasteiger partial charge >= 0.3 is 5.97 Å². The zero-order chi connectivity index (χ0) is 18.9. The molecule has 3 atom stereocenters. The van der Waals surface area contributed by atoms with Crippen LogP contribution in [0.4, 0.5) is 0 Å². The molecule has 7 nitrogen and oxygen atoms in total. The van der Waals surface area contributed by atoms with E-state index in [0.29, 0.717) is 29.9 Å². The van der Waals surface area contributed by atoms with Crippen molar-refractivity contribution in [2.45, 2.75) is 59.9 Å². The van der Waals surface area contributed by atoms with E-state index in [9.17, 15) is 14.4 Å². The van der Waals surface area contributed by atoms with Crippen LogP contribution >= 0.6 is 0 Å². The molecule has 2 heterocycles. The van der Waals surface area contributed by atoms with Crippen LogP contribution in [0.2, 0.25) is 0 Å². The van der Waals surface area contributed by atoms with E-state index in [1.807, 2.05) is 13.8 Å². The quantitative estimate of drug-likeness (QED) is 0.663. The van der Waals surface area contributed by atoms with Crippen LogP contribution < -0.4 is 0 Å². The molecule has 0 aliphatic carbocycles. The van der Waals surface area contributed by atoms with Gasteiger partial charge in [0.1, 0.15) is 5.69 Å². The second-order valence-electron chi connectivity index (χ2n) is 6.73. The molecule has 1 aliphatic heterocycles. The summed E-state index contributed by atoms with van der Waals surface area (Å²) in [6, 6.07) is 0. The number of rotatable bonds is 4. The highest BCUT2D eigenvalue weighted by molar-refractivity contribution is 6.01. The number of ether oxygens (including phenoxy) is 2. The van der Waals surface area contributed by atoms with E-state index >= 15 is 0 Å². The first-order valence-corrected chi connectivity index (χ1v) is 8.47. The van der Waals surface area contributed by atoms with Gasteiger partial charge in [0.05, 0.1) is 12.2 Å². The van der Waals surface area contributed by atoms with Crippen LogP contribution in [0.5, 0.6) is 0 Å². The Morgan fingerprint density at radius 2 is 1.76 bits per heavy atom. The topological polar surface area (TPSA) is 88.7 Å². The van der Waals surface area contributed by atoms with E-state index in [1.54, 1.807) is 25.7 Å². The number of carbonyl (C=O) groups excluding carboxylic acids is 3. The number of H-pyrrole nitrogens is 1. The lowest BCUT2D eigenvalue weighted by Crippen LogP contribution is -2.51. The maximum atomic E-state index is 12.6. The van der Waals surface area contributed by atoms with Crippen LogP contribution in [-0.2, 0) is 14.3 Å². The molecule has 0 saturated carbocycles. The molecule has 0 radical (unpaired) electrons. The number of aromatic amines is 1. The Bertz CT molecular complexity index is 684. The van der Waals surface area contributed by atoms with Crippen molar-refractivity contribution in [3.8, 4) is 0 Å². The number of esters is 1. The van der Waals surface area contributed by atoms with Crippen molar-refractivity contribution in [3.63, 3.8) is 0 Å². The van der Waals surface area contributed by atoms with Gasteiger partial charge in [-0.05, 0) is 47.1 Å². The van der Waals surface area contributed by atoms with Gasteiger partial charge in [0.15, 0.2) is 11.9 Å². The molecule has 7 heteroatoms. The fraction of sp³-hybridized carbons (Fsp3) is 0.611. The van der Waals surface area contributed by atoms with Crippen molar-refractivity contribution in [1.29, 1.82) is 0 Å². The molecule has 1 amide bonds. The van der Waals surface area contributed by atoms with Crippen molar-refractivity contribution in [2.75, 3.05) is 13.1 Å². The summed E-state index contributed by atoms with van der Waals surface area (Å²) in [6.45, 7) is 11.2. The third-order valence-corrected chi connectivity index (χ3v) is 4.36. The third-order valence-electron chi connectivity index (χ3n) is 4.36. The van der Waals surface area contributed by atoms with Gasteiger partial charge in [-0.15, -0.1) is 0 Å². The summed E-state index contributed by atoms with van der Waals surface area (Å²) in [5.74, 6) is -1.00. The maximum Gasteiger partial charge on any atom is 0.355 e.